The van der Waals surface area contributed by atoms with E-state index < -0.39 is 20.0 Å². The highest BCUT2D eigenvalue weighted by Gasteiger charge is 2.23. The summed E-state index contributed by atoms with van der Waals surface area (Å²) in [6.07, 6.45) is 0. The number of nitrogens with zero attached hydrogens (tertiary/aromatic N) is 2. The van der Waals surface area contributed by atoms with E-state index in [0.29, 0.717) is 36.1 Å². The predicted molar refractivity (Wildman–Crippen MR) is 157 cm³/mol. The first-order chi connectivity index (χ1) is 19.3. The van der Waals surface area contributed by atoms with Crippen LogP contribution in [0.4, 0.5) is 11.4 Å². The van der Waals surface area contributed by atoms with Crippen molar-refractivity contribution in [1.29, 1.82) is 0 Å². The van der Waals surface area contributed by atoms with Crippen molar-refractivity contribution >= 4 is 53.9 Å². The molecule has 0 amide bonds. The van der Waals surface area contributed by atoms with E-state index in [1.807, 2.05) is 12.1 Å². The second-order valence-electron chi connectivity index (χ2n) is 9.29. The van der Waals surface area contributed by atoms with Crippen LogP contribution in [0.15, 0.2) is 105 Å². The zero-order chi connectivity index (χ0) is 27.7. The molecule has 0 aliphatic carbocycles. The smallest absolute Gasteiger partial charge is 0.262 e. The third-order valence-corrected chi connectivity index (χ3v) is 9.42. The van der Waals surface area contributed by atoms with Gasteiger partial charge in [-0.05, 0) is 36.4 Å². The molecule has 4 aromatic carbocycles. The third-order valence-electron chi connectivity index (χ3n) is 6.55. The van der Waals surface area contributed by atoms with E-state index in [1.54, 1.807) is 48.5 Å². The standard InChI is InChI=1S/C28H26N6O4S2/c35-39(36,33-21-7-1-5-19(17-21)27-29-13-14-30-27)25-11-3-10-24-23(25)9-4-12-26(24)40(37,38)34-22-8-2-6-20(18-22)28-31-15-16-32-28/h1-12,17-18,33-34H,13-16H2,(H,29,30)(H,31,32). The zero-order valence-electron chi connectivity index (χ0n) is 21.3. The van der Waals surface area contributed by atoms with Crippen LogP contribution in [0, 0.1) is 0 Å². The molecule has 10 nitrogen and oxygen atoms in total. The number of hydrogen-bond acceptors (Lipinski definition) is 8. The van der Waals surface area contributed by atoms with Gasteiger partial charge in [0, 0.05) is 46.4 Å². The molecular weight excluding hydrogens is 548 g/mol. The van der Waals surface area contributed by atoms with Crippen LogP contribution in [0.5, 0.6) is 0 Å². The monoisotopic (exact) mass is 574 g/mol. The van der Waals surface area contributed by atoms with Crippen LogP contribution in [0.3, 0.4) is 0 Å². The quantitative estimate of drug-likeness (QED) is 0.255. The first-order valence-corrected chi connectivity index (χ1v) is 15.6. The van der Waals surface area contributed by atoms with Gasteiger partial charge in [-0.3, -0.25) is 19.4 Å². The summed E-state index contributed by atoms with van der Waals surface area (Å²) in [7, 11) is -8.12. The van der Waals surface area contributed by atoms with Gasteiger partial charge >= 0.3 is 0 Å². The maximum Gasteiger partial charge on any atom is 0.262 e. The van der Waals surface area contributed by atoms with Gasteiger partial charge in [0.05, 0.1) is 22.9 Å². The average Bonchev–Trinajstić information content (AvgIpc) is 3.68. The summed E-state index contributed by atoms with van der Waals surface area (Å²) in [6.45, 7) is 2.80. The van der Waals surface area contributed by atoms with Crippen LogP contribution in [-0.2, 0) is 20.0 Å². The molecular formula is C28H26N6O4S2. The molecule has 2 heterocycles. The van der Waals surface area contributed by atoms with Crippen molar-refractivity contribution in [2.45, 2.75) is 9.79 Å². The average molecular weight is 575 g/mol. The molecule has 0 radical (unpaired) electrons. The van der Waals surface area contributed by atoms with Crippen molar-refractivity contribution in [2.75, 3.05) is 35.6 Å². The molecule has 0 fully saturated rings. The normalized spacial score (nSPS) is 15.2. The second kappa shape index (κ2) is 10.3. The summed E-state index contributed by atoms with van der Waals surface area (Å²) in [5.74, 6) is 1.43. The number of anilines is 2. The predicted octanol–water partition coefficient (Wildman–Crippen LogP) is 3.14. The molecule has 12 heteroatoms. The molecule has 6 rings (SSSR count). The molecule has 0 unspecified atom stereocenters. The largest absolute Gasteiger partial charge is 0.368 e. The molecule has 204 valence electrons. The molecule has 2 aliphatic heterocycles. The van der Waals surface area contributed by atoms with E-state index in [2.05, 4.69) is 30.1 Å². The highest BCUT2D eigenvalue weighted by Crippen LogP contribution is 2.31. The molecule has 0 saturated carbocycles. The highest BCUT2D eigenvalue weighted by atomic mass is 32.2. The van der Waals surface area contributed by atoms with E-state index in [1.165, 1.54) is 24.3 Å². The molecule has 4 aromatic rings. The molecule has 40 heavy (non-hydrogen) atoms. The van der Waals surface area contributed by atoms with Crippen LogP contribution in [0.1, 0.15) is 11.1 Å². The topological polar surface area (TPSA) is 141 Å². The van der Waals surface area contributed by atoms with Gasteiger partial charge in [-0.2, -0.15) is 0 Å². The van der Waals surface area contributed by atoms with Crippen molar-refractivity contribution in [3.8, 4) is 0 Å². The zero-order valence-corrected chi connectivity index (χ0v) is 22.9. The molecule has 0 spiro atoms. The van der Waals surface area contributed by atoms with Crippen LogP contribution in [0.25, 0.3) is 10.8 Å². The number of fused-ring (bicyclic) bond motifs is 1. The first kappa shape index (κ1) is 25.8. The number of hydrogen-bond donors (Lipinski definition) is 4. The van der Waals surface area contributed by atoms with Gasteiger partial charge < -0.3 is 10.6 Å². The minimum Gasteiger partial charge on any atom is -0.368 e. The maximum atomic E-state index is 13.5. The Morgan fingerprint density at radius 3 is 1.40 bits per heavy atom. The number of sulfonamides is 2. The van der Waals surface area contributed by atoms with E-state index in [-0.39, 0.29) is 20.6 Å². The summed E-state index contributed by atoms with van der Waals surface area (Å²) in [5, 5.41) is 6.92. The van der Waals surface area contributed by atoms with Crippen molar-refractivity contribution in [2.24, 2.45) is 9.98 Å². The summed E-state index contributed by atoms with van der Waals surface area (Å²) in [5.41, 5.74) is 2.29. The van der Waals surface area contributed by atoms with Crippen LogP contribution in [-0.4, -0.2) is 54.7 Å². The van der Waals surface area contributed by atoms with E-state index in [0.717, 1.165) is 24.2 Å². The van der Waals surface area contributed by atoms with Gasteiger partial charge in [0.1, 0.15) is 11.7 Å². The Balaban J connectivity index is 1.33. The Labute approximate surface area is 232 Å². The maximum absolute atomic E-state index is 13.5. The van der Waals surface area contributed by atoms with Gasteiger partial charge in [0.25, 0.3) is 20.0 Å². The lowest BCUT2D eigenvalue weighted by molar-refractivity contribution is 0.599. The number of amidine groups is 2. The second-order valence-corrected chi connectivity index (χ2v) is 12.6. The lowest BCUT2D eigenvalue weighted by atomic mass is 10.1. The third kappa shape index (κ3) is 5.10. The van der Waals surface area contributed by atoms with E-state index >= 15 is 0 Å². The Kier molecular flexibility index (Phi) is 6.64. The summed E-state index contributed by atoms with van der Waals surface area (Å²) < 4.78 is 59.4. The van der Waals surface area contributed by atoms with Crippen LogP contribution >= 0.6 is 0 Å². The molecule has 2 aliphatic rings. The number of aliphatic imine (C=N–C) groups is 2. The van der Waals surface area contributed by atoms with Gasteiger partial charge in [-0.15, -0.1) is 0 Å². The molecule has 4 N–H and O–H groups in total. The lowest BCUT2D eigenvalue weighted by Gasteiger charge is -2.15. The number of nitrogens with one attached hydrogen (secondary N) is 4. The fraction of sp³-hybridized carbons (Fsp3) is 0.143. The Morgan fingerprint density at radius 1 is 0.575 bits per heavy atom. The van der Waals surface area contributed by atoms with Crippen molar-refractivity contribution < 1.29 is 16.8 Å². The Hall–Kier alpha value is -4.42. The van der Waals surface area contributed by atoms with Gasteiger partial charge in [0.2, 0.25) is 0 Å². The molecule has 0 bridgehead atoms. The van der Waals surface area contributed by atoms with Crippen molar-refractivity contribution in [3.05, 3.63) is 96.1 Å². The van der Waals surface area contributed by atoms with Gasteiger partial charge in [-0.1, -0.05) is 48.5 Å². The summed E-state index contributed by atoms with van der Waals surface area (Å²) >= 11 is 0. The lowest BCUT2D eigenvalue weighted by Crippen LogP contribution is -2.20. The van der Waals surface area contributed by atoms with E-state index in [9.17, 15) is 16.8 Å². The minimum atomic E-state index is -4.06. The minimum absolute atomic E-state index is 0.0314. The molecule has 0 aromatic heterocycles. The fourth-order valence-corrected chi connectivity index (χ4v) is 7.33. The first-order valence-electron chi connectivity index (χ1n) is 12.7. The van der Waals surface area contributed by atoms with Crippen LogP contribution < -0.4 is 20.1 Å². The number of rotatable bonds is 8. The molecule has 0 saturated heterocycles. The Bertz CT molecular complexity index is 1760. The van der Waals surface area contributed by atoms with E-state index in [4.69, 9.17) is 0 Å². The molecule has 0 atom stereocenters. The summed E-state index contributed by atoms with van der Waals surface area (Å²) in [6, 6.07) is 23.1. The van der Waals surface area contributed by atoms with Crippen molar-refractivity contribution in [3.63, 3.8) is 0 Å². The van der Waals surface area contributed by atoms with Crippen LogP contribution in [0.2, 0.25) is 0 Å². The van der Waals surface area contributed by atoms with Gasteiger partial charge in [0.15, 0.2) is 0 Å². The Morgan fingerprint density at radius 2 is 1.00 bits per heavy atom. The number of benzene rings is 4. The fourth-order valence-electron chi connectivity index (χ4n) is 4.78. The highest BCUT2D eigenvalue weighted by molar-refractivity contribution is 7.93. The summed E-state index contributed by atoms with van der Waals surface area (Å²) in [4.78, 5) is 8.71. The van der Waals surface area contributed by atoms with Crippen molar-refractivity contribution in [1.82, 2.24) is 10.6 Å². The van der Waals surface area contributed by atoms with Gasteiger partial charge in [-0.25, -0.2) is 16.8 Å². The SMILES string of the molecule is O=S(=O)(Nc1cccc(C2=NCCN2)c1)c1cccc2c(S(=O)(=O)Nc3cccc(C4=NCCN4)c3)cccc12.